The Balaban J connectivity index is 2.23. The number of hydrogen-bond acceptors (Lipinski definition) is 5. The monoisotopic (exact) mass is 316 g/mol. The van der Waals surface area contributed by atoms with Crippen molar-refractivity contribution < 1.29 is 0 Å². The van der Waals surface area contributed by atoms with E-state index in [1.807, 2.05) is 7.05 Å². The molecule has 1 aromatic rings. The summed E-state index contributed by atoms with van der Waals surface area (Å²) in [6, 6.07) is 0.191. The zero-order chi connectivity index (χ0) is 13.3. The molecule has 1 aliphatic rings. The molecule has 0 saturated carbocycles. The number of nitrogens with zero attached hydrogens (tertiary/aromatic N) is 5. The summed E-state index contributed by atoms with van der Waals surface area (Å²) in [4.78, 5) is 4.68. The van der Waals surface area contributed by atoms with E-state index in [-0.39, 0.29) is 12.1 Å². The Hall–Kier alpha value is -0.500. The smallest absolute Gasteiger partial charge is 0.153 e. The van der Waals surface area contributed by atoms with Crippen LogP contribution in [0.5, 0.6) is 0 Å². The minimum atomic E-state index is -0.0927. The summed E-state index contributed by atoms with van der Waals surface area (Å²) >= 11 is 3.43. The molecular weight excluding hydrogens is 296 g/mol. The van der Waals surface area contributed by atoms with Crippen LogP contribution in [0.2, 0.25) is 0 Å². The standard InChI is InChI=1S/C11H21BrN6/c1-16-5-4-6-17(2)8(7-16)9(13)10-11(12)14-15-18(10)3/h8-9H,4-7,13H2,1-3H3. The fourth-order valence-electron chi connectivity index (χ4n) is 2.57. The molecule has 0 aliphatic carbocycles. The number of aromatic nitrogens is 3. The third-order valence-electron chi connectivity index (χ3n) is 3.67. The van der Waals surface area contributed by atoms with Crippen LogP contribution in [0.1, 0.15) is 18.2 Å². The predicted octanol–water partition coefficient (Wildman–Crippen LogP) is 0.213. The molecule has 2 rings (SSSR count). The molecular formula is C11H21BrN6. The highest BCUT2D eigenvalue weighted by atomic mass is 79.9. The number of nitrogens with two attached hydrogens (primary N) is 1. The van der Waals surface area contributed by atoms with Crippen molar-refractivity contribution >= 4 is 15.9 Å². The summed E-state index contributed by atoms with van der Waals surface area (Å²) < 4.78 is 2.51. The third kappa shape index (κ3) is 2.74. The number of halogens is 1. The van der Waals surface area contributed by atoms with Gasteiger partial charge in [0.1, 0.15) is 0 Å². The van der Waals surface area contributed by atoms with E-state index < -0.39 is 0 Å². The van der Waals surface area contributed by atoms with Gasteiger partial charge in [-0.15, -0.1) is 5.10 Å². The first kappa shape index (κ1) is 13.9. The molecule has 102 valence electrons. The average Bonchev–Trinajstić information content (AvgIpc) is 2.54. The van der Waals surface area contributed by atoms with Crippen molar-refractivity contribution in [1.82, 2.24) is 24.8 Å². The van der Waals surface area contributed by atoms with Gasteiger partial charge in [0, 0.05) is 19.6 Å². The number of likely N-dealkylation sites (N-methyl/N-ethyl adjacent to an activating group) is 2. The maximum Gasteiger partial charge on any atom is 0.153 e. The van der Waals surface area contributed by atoms with E-state index in [4.69, 9.17) is 5.73 Å². The van der Waals surface area contributed by atoms with E-state index in [9.17, 15) is 0 Å². The maximum atomic E-state index is 6.44. The molecule has 1 fully saturated rings. The van der Waals surface area contributed by atoms with Crippen LogP contribution in [0.25, 0.3) is 0 Å². The molecule has 2 unspecified atom stereocenters. The highest BCUT2D eigenvalue weighted by Crippen LogP contribution is 2.25. The van der Waals surface area contributed by atoms with Gasteiger partial charge in [-0.3, -0.25) is 0 Å². The van der Waals surface area contributed by atoms with Gasteiger partial charge in [0.25, 0.3) is 0 Å². The van der Waals surface area contributed by atoms with Crippen LogP contribution in [-0.4, -0.2) is 64.6 Å². The molecule has 6 nitrogen and oxygen atoms in total. The van der Waals surface area contributed by atoms with Gasteiger partial charge < -0.3 is 15.5 Å². The fraction of sp³-hybridized carbons (Fsp3) is 0.818. The van der Waals surface area contributed by atoms with Crippen molar-refractivity contribution in [3.05, 3.63) is 10.3 Å². The maximum absolute atomic E-state index is 6.44. The lowest BCUT2D eigenvalue weighted by molar-refractivity contribution is 0.192. The van der Waals surface area contributed by atoms with Crippen molar-refractivity contribution in [2.45, 2.75) is 18.5 Å². The van der Waals surface area contributed by atoms with Crippen molar-refractivity contribution in [3.63, 3.8) is 0 Å². The summed E-state index contributed by atoms with van der Waals surface area (Å²) in [5, 5.41) is 8.02. The number of hydrogen-bond donors (Lipinski definition) is 1. The van der Waals surface area contributed by atoms with Crippen LogP contribution in [0.4, 0.5) is 0 Å². The molecule has 18 heavy (non-hydrogen) atoms. The van der Waals surface area contributed by atoms with E-state index in [0.717, 1.165) is 29.9 Å². The first-order valence-corrected chi connectivity index (χ1v) is 6.99. The van der Waals surface area contributed by atoms with Gasteiger partial charge >= 0.3 is 0 Å². The topological polar surface area (TPSA) is 63.2 Å². The Morgan fingerprint density at radius 3 is 2.67 bits per heavy atom. The second kappa shape index (κ2) is 5.64. The van der Waals surface area contributed by atoms with E-state index >= 15 is 0 Å². The Kier molecular flexibility index (Phi) is 4.37. The quantitative estimate of drug-likeness (QED) is 0.845. The Morgan fingerprint density at radius 2 is 2.06 bits per heavy atom. The summed E-state index contributed by atoms with van der Waals surface area (Å²) in [5.41, 5.74) is 7.40. The molecule has 2 N–H and O–H groups in total. The second-order valence-electron chi connectivity index (χ2n) is 5.08. The Bertz CT molecular complexity index is 387. The number of rotatable bonds is 2. The van der Waals surface area contributed by atoms with Crippen LogP contribution in [0.15, 0.2) is 4.60 Å². The SMILES string of the molecule is CN1CCCN(C)C(C(N)c2c(Br)nnn2C)C1. The van der Waals surface area contributed by atoms with Gasteiger partial charge in [0.2, 0.25) is 0 Å². The second-order valence-corrected chi connectivity index (χ2v) is 5.83. The molecule has 1 saturated heterocycles. The van der Waals surface area contributed by atoms with Gasteiger partial charge in [-0.2, -0.15) is 0 Å². The molecule has 7 heteroatoms. The van der Waals surface area contributed by atoms with E-state index in [1.165, 1.54) is 6.42 Å². The zero-order valence-corrected chi connectivity index (χ0v) is 12.8. The average molecular weight is 317 g/mol. The third-order valence-corrected chi connectivity index (χ3v) is 4.24. The lowest BCUT2D eigenvalue weighted by Crippen LogP contribution is -2.45. The lowest BCUT2D eigenvalue weighted by Gasteiger charge is -2.32. The first-order chi connectivity index (χ1) is 8.50. The van der Waals surface area contributed by atoms with Crippen LogP contribution in [0.3, 0.4) is 0 Å². The number of aryl methyl sites for hydroxylation is 1. The predicted molar refractivity (Wildman–Crippen MR) is 74.2 cm³/mol. The summed E-state index contributed by atoms with van der Waals surface area (Å²) in [7, 11) is 6.17. The van der Waals surface area contributed by atoms with Crippen molar-refractivity contribution in [3.8, 4) is 0 Å². The van der Waals surface area contributed by atoms with Gasteiger partial charge in [0.15, 0.2) is 4.60 Å². The Morgan fingerprint density at radius 1 is 1.33 bits per heavy atom. The molecule has 0 spiro atoms. The fourth-order valence-corrected chi connectivity index (χ4v) is 3.16. The normalized spacial score (nSPS) is 25.1. The van der Waals surface area contributed by atoms with E-state index in [1.54, 1.807) is 4.68 Å². The van der Waals surface area contributed by atoms with E-state index in [0.29, 0.717) is 0 Å². The molecule has 0 amide bonds. The van der Waals surface area contributed by atoms with Crippen molar-refractivity contribution in [2.24, 2.45) is 12.8 Å². The first-order valence-electron chi connectivity index (χ1n) is 6.20. The van der Waals surface area contributed by atoms with Crippen LogP contribution in [0, 0.1) is 0 Å². The van der Waals surface area contributed by atoms with Crippen LogP contribution < -0.4 is 5.73 Å². The highest BCUT2D eigenvalue weighted by molar-refractivity contribution is 9.10. The molecule has 0 radical (unpaired) electrons. The van der Waals surface area contributed by atoms with E-state index in [2.05, 4.69) is 50.1 Å². The molecule has 0 aromatic carbocycles. The summed E-state index contributed by atoms with van der Waals surface area (Å²) in [5.74, 6) is 0. The molecule has 0 bridgehead atoms. The van der Waals surface area contributed by atoms with Crippen molar-refractivity contribution in [1.29, 1.82) is 0 Å². The largest absolute Gasteiger partial charge is 0.321 e. The van der Waals surface area contributed by atoms with Gasteiger partial charge in [0.05, 0.1) is 11.7 Å². The molecule has 1 aromatic heterocycles. The molecule has 2 atom stereocenters. The minimum Gasteiger partial charge on any atom is -0.321 e. The van der Waals surface area contributed by atoms with Crippen LogP contribution in [-0.2, 0) is 7.05 Å². The molecule has 2 heterocycles. The van der Waals surface area contributed by atoms with Gasteiger partial charge in [-0.05, 0) is 49.5 Å². The zero-order valence-electron chi connectivity index (χ0n) is 11.2. The Labute approximate surface area is 116 Å². The van der Waals surface area contributed by atoms with Crippen molar-refractivity contribution in [2.75, 3.05) is 33.7 Å². The molecule has 1 aliphatic heterocycles. The van der Waals surface area contributed by atoms with Gasteiger partial charge in [-0.1, -0.05) is 5.21 Å². The highest BCUT2D eigenvalue weighted by Gasteiger charge is 2.30. The van der Waals surface area contributed by atoms with Gasteiger partial charge in [-0.25, -0.2) is 4.68 Å². The summed E-state index contributed by atoms with van der Waals surface area (Å²) in [6.45, 7) is 3.17. The lowest BCUT2D eigenvalue weighted by atomic mass is 10.0. The van der Waals surface area contributed by atoms with Crippen LogP contribution >= 0.6 is 15.9 Å². The summed E-state index contributed by atoms with van der Waals surface area (Å²) in [6.07, 6.45) is 1.18. The minimum absolute atomic E-state index is 0.0927.